The third-order valence-corrected chi connectivity index (χ3v) is 2.89. The highest BCUT2D eigenvalue weighted by atomic mass is 16.2. The van der Waals surface area contributed by atoms with Gasteiger partial charge in [0.1, 0.15) is 6.33 Å². The first-order chi connectivity index (χ1) is 9.54. The van der Waals surface area contributed by atoms with Crippen LogP contribution in [0.5, 0.6) is 0 Å². The van der Waals surface area contributed by atoms with Crippen LogP contribution in [0.25, 0.3) is 0 Å². The fourth-order valence-corrected chi connectivity index (χ4v) is 1.82. The number of nitrogens with zero attached hydrogens (tertiary/aromatic N) is 3. The van der Waals surface area contributed by atoms with Crippen molar-refractivity contribution in [2.75, 3.05) is 5.32 Å². The van der Waals surface area contributed by atoms with Gasteiger partial charge in [-0.2, -0.15) is 5.10 Å². The summed E-state index contributed by atoms with van der Waals surface area (Å²) >= 11 is 0. The predicted octanol–water partition coefficient (Wildman–Crippen LogP) is 1.16. The summed E-state index contributed by atoms with van der Waals surface area (Å²) in [5.41, 5.74) is 6.85. The van der Waals surface area contributed by atoms with Crippen molar-refractivity contribution in [3.05, 3.63) is 42.0 Å². The van der Waals surface area contributed by atoms with Crippen molar-refractivity contribution in [3.63, 3.8) is 0 Å². The molecule has 1 atom stereocenters. The van der Waals surface area contributed by atoms with E-state index in [1.165, 1.54) is 0 Å². The van der Waals surface area contributed by atoms with E-state index in [0.29, 0.717) is 12.2 Å². The number of carbonyl (C=O) groups is 1. The van der Waals surface area contributed by atoms with Gasteiger partial charge in [0.2, 0.25) is 0 Å². The normalized spacial score (nSPS) is 12.1. The molecule has 4 N–H and O–H groups in total. The zero-order valence-electron chi connectivity index (χ0n) is 11.5. The molecule has 0 fully saturated rings. The maximum Gasteiger partial charge on any atom is 0.316 e. The molecule has 0 radical (unpaired) electrons. The Kier molecular flexibility index (Phi) is 4.31. The predicted molar refractivity (Wildman–Crippen MR) is 75.9 cm³/mol. The Morgan fingerprint density at radius 3 is 2.65 bits per heavy atom. The molecule has 7 heteroatoms. The number of primary amides is 1. The summed E-state index contributed by atoms with van der Waals surface area (Å²) in [5.74, 6) is 0.756. The van der Waals surface area contributed by atoms with Gasteiger partial charge in [-0.3, -0.25) is 4.68 Å². The number of carbonyl (C=O) groups excluding carboxylic acids is 1. The number of hydrogen-bond acceptors (Lipinski definition) is 4. The highest BCUT2D eigenvalue weighted by molar-refractivity contribution is 5.87. The average Bonchev–Trinajstić information content (AvgIpc) is 2.82. The lowest BCUT2D eigenvalue weighted by Gasteiger charge is -2.13. The van der Waals surface area contributed by atoms with Crippen molar-refractivity contribution < 1.29 is 4.79 Å². The molecular formula is C13H18N6O. The third kappa shape index (κ3) is 3.79. The Morgan fingerprint density at radius 1 is 1.40 bits per heavy atom. The second-order valence-corrected chi connectivity index (χ2v) is 4.55. The number of rotatable bonds is 5. The van der Waals surface area contributed by atoms with Crippen molar-refractivity contribution in [1.29, 1.82) is 0 Å². The van der Waals surface area contributed by atoms with Crippen molar-refractivity contribution in [2.45, 2.75) is 19.5 Å². The number of aromatic nitrogens is 3. The van der Waals surface area contributed by atoms with Crippen LogP contribution in [-0.4, -0.2) is 20.8 Å². The Labute approximate surface area is 117 Å². The van der Waals surface area contributed by atoms with Crippen molar-refractivity contribution in [3.8, 4) is 0 Å². The molecule has 1 unspecified atom stereocenters. The summed E-state index contributed by atoms with van der Waals surface area (Å²) in [5, 5.41) is 10.1. The molecule has 2 rings (SSSR count). The highest BCUT2D eigenvalue weighted by Crippen LogP contribution is 2.16. The van der Waals surface area contributed by atoms with E-state index in [9.17, 15) is 4.79 Å². The van der Waals surface area contributed by atoms with E-state index in [1.54, 1.807) is 11.0 Å². The van der Waals surface area contributed by atoms with E-state index in [1.807, 2.05) is 31.3 Å². The van der Waals surface area contributed by atoms with Crippen LogP contribution in [0.1, 0.15) is 24.4 Å². The fraction of sp³-hybridized carbons (Fsp3) is 0.308. The standard InChI is InChI=1S/C13H18N6O/c1-9(15-7-12-16-8-19(2)18-12)10-3-5-11(6-4-10)17-13(14)20/h3-6,8-9,15H,7H2,1-2H3,(H3,14,17,20). The van der Waals surface area contributed by atoms with Gasteiger partial charge in [-0.05, 0) is 24.6 Å². The van der Waals surface area contributed by atoms with Gasteiger partial charge in [0.25, 0.3) is 0 Å². The molecule has 20 heavy (non-hydrogen) atoms. The van der Waals surface area contributed by atoms with Crippen LogP contribution in [0, 0.1) is 0 Å². The molecule has 0 saturated carbocycles. The number of hydrogen-bond donors (Lipinski definition) is 3. The number of aryl methyl sites for hydroxylation is 1. The Balaban J connectivity index is 1.91. The lowest BCUT2D eigenvalue weighted by Crippen LogP contribution is -2.20. The summed E-state index contributed by atoms with van der Waals surface area (Å²) in [6.45, 7) is 2.66. The fourth-order valence-electron chi connectivity index (χ4n) is 1.82. The molecule has 2 amide bonds. The molecular weight excluding hydrogens is 256 g/mol. The van der Waals surface area contributed by atoms with Gasteiger partial charge in [0, 0.05) is 18.8 Å². The van der Waals surface area contributed by atoms with E-state index in [0.717, 1.165) is 11.4 Å². The lowest BCUT2D eigenvalue weighted by atomic mass is 10.1. The first kappa shape index (κ1) is 14.0. The molecule has 0 aliphatic carbocycles. The maximum absolute atomic E-state index is 10.7. The van der Waals surface area contributed by atoms with Crippen molar-refractivity contribution in [1.82, 2.24) is 20.1 Å². The zero-order valence-corrected chi connectivity index (χ0v) is 11.5. The second-order valence-electron chi connectivity index (χ2n) is 4.55. The average molecular weight is 274 g/mol. The van der Waals surface area contributed by atoms with Crippen LogP contribution < -0.4 is 16.4 Å². The number of amides is 2. The third-order valence-electron chi connectivity index (χ3n) is 2.89. The van der Waals surface area contributed by atoms with Gasteiger partial charge in [-0.25, -0.2) is 9.78 Å². The molecule has 2 aromatic rings. The first-order valence-corrected chi connectivity index (χ1v) is 6.29. The minimum absolute atomic E-state index is 0.154. The van der Waals surface area contributed by atoms with Crippen molar-refractivity contribution in [2.24, 2.45) is 12.8 Å². The van der Waals surface area contributed by atoms with Gasteiger partial charge >= 0.3 is 6.03 Å². The molecule has 0 bridgehead atoms. The monoisotopic (exact) mass is 274 g/mol. The summed E-state index contributed by atoms with van der Waals surface area (Å²) in [7, 11) is 1.84. The lowest BCUT2D eigenvalue weighted by molar-refractivity contribution is 0.259. The van der Waals surface area contributed by atoms with Gasteiger partial charge in [0.15, 0.2) is 5.82 Å². The van der Waals surface area contributed by atoms with Crippen LogP contribution in [0.15, 0.2) is 30.6 Å². The highest BCUT2D eigenvalue weighted by Gasteiger charge is 2.07. The zero-order chi connectivity index (χ0) is 14.5. The van der Waals surface area contributed by atoms with E-state index >= 15 is 0 Å². The first-order valence-electron chi connectivity index (χ1n) is 6.29. The van der Waals surface area contributed by atoms with Gasteiger partial charge in [-0.15, -0.1) is 0 Å². The number of anilines is 1. The molecule has 0 aliphatic rings. The minimum atomic E-state index is -0.565. The van der Waals surface area contributed by atoms with E-state index in [-0.39, 0.29) is 6.04 Å². The number of urea groups is 1. The number of benzene rings is 1. The van der Waals surface area contributed by atoms with E-state index in [2.05, 4.69) is 27.6 Å². The molecule has 7 nitrogen and oxygen atoms in total. The topological polar surface area (TPSA) is 97.9 Å². The van der Waals surface area contributed by atoms with Gasteiger partial charge in [0.05, 0.1) is 6.54 Å². The maximum atomic E-state index is 10.7. The Bertz CT molecular complexity index is 577. The van der Waals surface area contributed by atoms with Crippen LogP contribution in [0.2, 0.25) is 0 Å². The number of nitrogens with one attached hydrogen (secondary N) is 2. The molecule has 0 aliphatic heterocycles. The largest absolute Gasteiger partial charge is 0.351 e. The quantitative estimate of drug-likeness (QED) is 0.762. The minimum Gasteiger partial charge on any atom is -0.351 e. The van der Waals surface area contributed by atoms with Crippen molar-refractivity contribution >= 4 is 11.7 Å². The molecule has 1 aromatic carbocycles. The van der Waals surface area contributed by atoms with Crippen LogP contribution in [0.4, 0.5) is 10.5 Å². The molecule has 0 spiro atoms. The number of nitrogens with two attached hydrogens (primary N) is 1. The molecule has 0 saturated heterocycles. The summed E-state index contributed by atoms with van der Waals surface area (Å²) in [6, 6.07) is 7.10. The second kappa shape index (κ2) is 6.16. The summed E-state index contributed by atoms with van der Waals surface area (Å²) in [4.78, 5) is 14.9. The van der Waals surface area contributed by atoms with E-state index in [4.69, 9.17) is 5.73 Å². The summed E-state index contributed by atoms with van der Waals surface area (Å²) < 4.78 is 1.67. The van der Waals surface area contributed by atoms with Gasteiger partial charge < -0.3 is 16.4 Å². The van der Waals surface area contributed by atoms with Crippen LogP contribution in [0.3, 0.4) is 0 Å². The Hall–Kier alpha value is -2.41. The molecule has 1 heterocycles. The SMILES string of the molecule is CC(NCc1ncn(C)n1)c1ccc(NC(N)=O)cc1. The Morgan fingerprint density at radius 2 is 2.10 bits per heavy atom. The van der Waals surface area contributed by atoms with E-state index < -0.39 is 6.03 Å². The summed E-state index contributed by atoms with van der Waals surface area (Å²) in [6.07, 6.45) is 1.67. The molecule has 106 valence electrons. The van der Waals surface area contributed by atoms with Gasteiger partial charge in [-0.1, -0.05) is 12.1 Å². The van der Waals surface area contributed by atoms with Crippen LogP contribution in [-0.2, 0) is 13.6 Å². The smallest absolute Gasteiger partial charge is 0.316 e. The molecule has 1 aromatic heterocycles. The van der Waals surface area contributed by atoms with Crippen LogP contribution >= 0.6 is 0 Å².